The van der Waals surface area contributed by atoms with Gasteiger partial charge in [0.15, 0.2) is 0 Å². The van der Waals surface area contributed by atoms with Gasteiger partial charge in [0.25, 0.3) is 5.56 Å². The smallest absolute Gasteiger partial charge is 0.323 e. The van der Waals surface area contributed by atoms with E-state index in [1.54, 1.807) is 43.2 Å². The molecule has 1 heterocycles. The number of ether oxygens (including phenoxy) is 2. The highest BCUT2D eigenvalue weighted by Gasteiger charge is 2.19. The second-order valence-electron chi connectivity index (χ2n) is 7.83. The number of benzene rings is 2. The molecule has 0 saturated carbocycles. The first kappa shape index (κ1) is 26.7. The molecule has 2 unspecified atom stereocenters. The first-order valence-electron chi connectivity index (χ1n) is 11.5. The van der Waals surface area contributed by atoms with Crippen LogP contribution in [0.15, 0.2) is 53.5 Å². The zero-order chi connectivity index (χ0) is 25.4. The van der Waals surface area contributed by atoms with Crippen LogP contribution in [0.25, 0.3) is 11.1 Å². The van der Waals surface area contributed by atoms with Crippen LogP contribution in [0, 0.1) is 0 Å². The number of hydrogen-bond donors (Lipinski definition) is 2. The van der Waals surface area contributed by atoms with Gasteiger partial charge in [0, 0.05) is 23.9 Å². The van der Waals surface area contributed by atoms with Gasteiger partial charge in [-0.25, -0.2) is 4.79 Å². The summed E-state index contributed by atoms with van der Waals surface area (Å²) in [6.07, 6.45) is 3.58. The van der Waals surface area contributed by atoms with Gasteiger partial charge >= 0.3 is 6.03 Å². The largest absolute Gasteiger partial charge is 0.497 e. The summed E-state index contributed by atoms with van der Waals surface area (Å²) in [6, 6.07) is 12.8. The number of amides is 2. The second kappa shape index (κ2) is 12.7. The van der Waals surface area contributed by atoms with E-state index < -0.39 is 6.03 Å². The lowest BCUT2D eigenvalue weighted by atomic mass is 10.0. The van der Waals surface area contributed by atoms with E-state index >= 15 is 0 Å². The van der Waals surface area contributed by atoms with Crippen LogP contribution in [0.4, 0.5) is 16.2 Å². The summed E-state index contributed by atoms with van der Waals surface area (Å²) >= 11 is 0. The molecule has 2 atom stereocenters. The summed E-state index contributed by atoms with van der Waals surface area (Å²) in [6.45, 7) is 6.81. The van der Waals surface area contributed by atoms with E-state index in [0.717, 1.165) is 29.1 Å². The lowest BCUT2D eigenvalue weighted by molar-refractivity contribution is 0.262. The molecule has 0 saturated heterocycles. The minimum atomic E-state index is -0.455. The normalized spacial score (nSPS) is 11.3. The van der Waals surface area contributed by atoms with Crippen LogP contribution >= 0.6 is 17.2 Å². The van der Waals surface area contributed by atoms with Crippen molar-refractivity contribution in [3.05, 3.63) is 59.0 Å². The molecule has 7 nitrogen and oxygen atoms in total. The minimum Gasteiger partial charge on any atom is -0.497 e. The quantitative estimate of drug-likeness (QED) is 0.380. The Balaban J connectivity index is 2.08. The first-order chi connectivity index (χ1) is 17.0. The highest BCUT2D eigenvalue weighted by molar-refractivity contribution is 7.49. The number of aromatic nitrogens is 1. The fourth-order valence-electron chi connectivity index (χ4n) is 3.81. The van der Waals surface area contributed by atoms with Crippen molar-refractivity contribution in [1.82, 2.24) is 4.57 Å². The number of methoxy groups -OCH3 is 2. The molecular weight excluding hydrogens is 480 g/mol. The van der Waals surface area contributed by atoms with Crippen molar-refractivity contribution >= 4 is 45.2 Å². The molecule has 0 radical (unpaired) electrons. The second-order valence-corrected chi connectivity index (χ2v) is 9.91. The van der Waals surface area contributed by atoms with Crippen LogP contribution in [-0.2, 0) is 6.54 Å². The molecule has 3 aromatic rings. The summed E-state index contributed by atoms with van der Waals surface area (Å²) in [4.78, 5) is 26.7. The van der Waals surface area contributed by atoms with E-state index in [9.17, 15) is 9.59 Å². The monoisotopic (exact) mass is 513 g/mol. The van der Waals surface area contributed by atoms with Gasteiger partial charge in [0.2, 0.25) is 0 Å². The SMILES string of the molecule is CCCCn1ccc(-c2cc(OC)ccc2OC)c(NC(=O)Nc2c(PC)cccc2PC)c1=O. The predicted molar refractivity (Wildman–Crippen MR) is 151 cm³/mol. The molecule has 0 fully saturated rings. The van der Waals surface area contributed by atoms with E-state index in [4.69, 9.17) is 9.47 Å². The Labute approximate surface area is 210 Å². The maximum absolute atomic E-state index is 13.5. The van der Waals surface area contributed by atoms with Gasteiger partial charge in [0.1, 0.15) is 17.2 Å². The first-order valence-corrected chi connectivity index (χ1v) is 14.5. The van der Waals surface area contributed by atoms with Gasteiger partial charge < -0.3 is 24.7 Å². The van der Waals surface area contributed by atoms with Crippen molar-refractivity contribution in [2.75, 3.05) is 38.2 Å². The van der Waals surface area contributed by atoms with Crippen molar-refractivity contribution < 1.29 is 14.3 Å². The number of carbonyl (C=O) groups excluding carboxylic acids is 1. The molecule has 186 valence electrons. The maximum Gasteiger partial charge on any atom is 0.323 e. The highest BCUT2D eigenvalue weighted by Crippen LogP contribution is 2.36. The lowest BCUT2D eigenvalue weighted by Crippen LogP contribution is -2.31. The van der Waals surface area contributed by atoms with Crippen LogP contribution in [0.5, 0.6) is 11.5 Å². The molecular formula is C26H33N3O4P2. The molecule has 2 aromatic carbocycles. The van der Waals surface area contributed by atoms with Gasteiger partial charge in [-0.05, 0) is 54.6 Å². The zero-order valence-electron chi connectivity index (χ0n) is 20.8. The van der Waals surface area contributed by atoms with Crippen molar-refractivity contribution in [2.24, 2.45) is 0 Å². The standard InChI is InChI=1S/C26H33N3O4P2/c1-6-7-14-29-15-13-18(19-16-17(32-2)11-12-20(19)33-3)23(25(29)30)27-26(31)28-24-21(34-4)9-8-10-22(24)35-5/h8-13,15-16,34-35H,6-7,14H2,1-5H3,(H2,27,28,31). The Bertz CT molecular complexity index is 1220. The Morgan fingerprint density at radius 2 is 1.63 bits per heavy atom. The minimum absolute atomic E-state index is 0.199. The third-order valence-electron chi connectivity index (χ3n) is 5.69. The number of hydrogen-bond acceptors (Lipinski definition) is 4. The van der Waals surface area contributed by atoms with Crippen LogP contribution in [0.1, 0.15) is 19.8 Å². The van der Waals surface area contributed by atoms with Crippen molar-refractivity contribution in [2.45, 2.75) is 26.3 Å². The number of nitrogens with zero attached hydrogens (tertiary/aromatic N) is 1. The lowest BCUT2D eigenvalue weighted by Gasteiger charge is -2.18. The Morgan fingerprint density at radius 3 is 2.23 bits per heavy atom. The van der Waals surface area contributed by atoms with E-state index in [1.165, 1.54) is 0 Å². The number of unbranched alkanes of at least 4 members (excludes halogenated alkanes) is 1. The van der Waals surface area contributed by atoms with Crippen LogP contribution in [-0.4, -0.2) is 38.1 Å². The summed E-state index contributed by atoms with van der Waals surface area (Å²) < 4.78 is 12.6. The molecule has 9 heteroatoms. The van der Waals surface area contributed by atoms with Gasteiger partial charge in [-0.15, -0.1) is 0 Å². The molecule has 0 spiro atoms. The van der Waals surface area contributed by atoms with Gasteiger partial charge in [0.05, 0.1) is 19.9 Å². The van der Waals surface area contributed by atoms with Gasteiger partial charge in [-0.1, -0.05) is 48.7 Å². The van der Waals surface area contributed by atoms with Crippen LogP contribution in [0.3, 0.4) is 0 Å². The Morgan fingerprint density at radius 1 is 0.943 bits per heavy atom. The summed E-state index contributed by atoms with van der Waals surface area (Å²) in [5.74, 6) is 1.20. The number of aryl methyl sites for hydroxylation is 1. The van der Waals surface area contributed by atoms with E-state index in [1.807, 2.05) is 24.3 Å². The number of rotatable bonds is 10. The number of pyridine rings is 1. The fourth-order valence-corrected chi connectivity index (χ4v) is 5.36. The van der Waals surface area contributed by atoms with Gasteiger partial charge in [-0.3, -0.25) is 4.79 Å². The van der Waals surface area contributed by atoms with Crippen molar-refractivity contribution in [1.29, 1.82) is 0 Å². The van der Waals surface area contributed by atoms with Crippen molar-refractivity contribution in [3.63, 3.8) is 0 Å². The average Bonchev–Trinajstić information content (AvgIpc) is 2.88. The molecule has 2 N–H and O–H groups in total. The maximum atomic E-state index is 13.5. The average molecular weight is 514 g/mol. The third-order valence-corrected chi connectivity index (χ3v) is 7.61. The Kier molecular flexibility index (Phi) is 9.71. The predicted octanol–water partition coefficient (Wildman–Crippen LogP) is 4.84. The zero-order valence-corrected chi connectivity index (χ0v) is 22.8. The highest BCUT2D eigenvalue weighted by atomic mass is 31.1. The molecule has 0 aliphatic rings. The number of para-hydroxylation sites is 1. The molecule has 1 aromatic heterocycles. The molecule has 3 rings (SSSR count). The van der Waals surface area contributed by atoms with Crippen LogP contribution < -0.4 is 36.3 Å². The van der Waals surface area contributed by atoms with Gasteiger partial charge in [-0.2, -0.15) is 0 Å². The molecule has 0 bridgehead atoms. The topological polar surface area (TPSA) is 81.6 Å². The van der Waals surface area contributed by atoms with Crippen LogP contribution in [0.2, 0.25) is 0 Å². The van der Waals surface area contributed by atoms with E-state index in [0.29, 0.717) is 46.3 Å². The molecule has 2 amide bonds. The van der Waals surface area contributed by atoms with Crippen molar-refractivity contribution in [3.8, 4) is 22.6 Å². The number of anilines is 2. The number of carbonyl (C=O) groups is 1. The molecule has 35 heavy (non-hydrogen) atoms. The summed E-state index contributed by atoms with van der Waals surface area (Å²) in [7, 11) is 4.21. The fraction of sp³-hybridized carbons (Fsp3) is 0.308. The summed E-state index contributed by atoms with van der Waals surface area (Å²) in [5.41, 5.74) is 1.98. The molecule has 0 aliphatic carbocycles. The Hall–Kier alpha value is -2.88. The van der Waals surface area contributed by atoms with E-state index in [2.05, 4.69) is 30.9 Å². The molecule has 0 aliphatic heterocycles. The number of nitrogens with one attached hydrogen (secondary N) is 2. The third kappa shape index (κ3) is 6.22. The summed E-state index contributed by atoms with van der Waals surface area (Å²) in [5, 5.41) is 8.03. The van der Waals surface area contributed by atoms with E-state index in [-0.39, 0.29) is 11.2 Å². The number of urea groups is 1.